The fraction of sp³-hybridized carbons (Fsp3) is 0.154. The predicted octanol–water partition coefficient (Wildman–Crippen LogP) is 6.64. The van der Waals surface area contributed by atoms with Crippen LogP contribution in [0.15, 0.2) is 71.6 Å². The number of halogens is 1. The van der Waals surface area contributed by atoms with Crippen LogP contribution in [0.5, 0.6) is 11.5 Å². The van der Waals surface area contributed by atoms with Gasteiger partial charge in [-0.1, -0.05) is 90.2 Å². The Morgan fingerprint density at radius 3 is 2.55 bits per heavy atom. The maximum Gasteiger partial charge on any atom is 0.266 e. The summed E-state index contributed by atoms with van der Waals surface area (Å²) in [6.45, 7) is 2.85. The van der Waals surface area contributed by atoms with Crippen molar-refractivity contribution in [3.05, 3.63) is 98.9 Å². The molecule has 1 aliphatic heterocycles. The molecular formula is C26H22ClNO3S2. The number of amides is 1. The highest BCUT2D eigenvalue weighted by molar-refractivity contribution is 8.26. The monoisotopic (exact) mass is 495 g/mol. The molecule has 4 rings (SSSR count). The molecule has 0 radical (unpaired) electrons. The van der Waals surface area contributed by atoms with E-state index in [9.17, 15) is 4.79 Å². The Hall–Kier alpha value is -2.80. The summed E-state index contributed by atoms with van der Waals surface area (Å²) in [6, 6.07) is 21.4. The number of benzene rings is 3. The van der Waals surface area contributed by atoms with Crippen LogP contribution in [0.2, 0.25) is 5.02 Å². The van der Waals surface area contributed by atoms with E-state index in [1.54, 1.807) is 24.2 Å². The van der Waals surface area contributed by atoms with E-state index in [2.05, 4.69) is 0 Å². The summed E-state index contributed by atoms with van der Waals surface area (Å²) in [5.41, 5.74) is 3.97. The van der Waals surface area contributed by atoms with Crippen molar-refractivity contribution in [3.63, 3.8) is 0 Å². The summed E-state index contributed by atoms with van der Waals surface area (Å²) in [5, 5.41) is 0.411. The third-order valence-electron chi connectivity index (χ3n) is 5.24. The number of thiocarbonyl (C=S) groups is 1. The second kappa shape index (κ2) is 10.4. The summed E-state index contributed by atoms with van der Waals surface area (Å²) >= 11 is 13.3. The van der Waals surface area contributed by atoms with E-state index in [0.29, 0.717) is 38.9 Å². The Labute approximate surface area is 208 Å². The lowest BCUT2D eigenvalue weighted by atomic mass is 10.1. The molecule has 0 aliphatic carbocycles. The van der Waals surface area contributed by atoms with E-state index in [-0.39, 0.29) is 5.91 Å². The first-order valence-corrected chi connectivity index (χ1v) is 11.9. The first kappa shape index (κ1) is 23.4. The fourth-order valence-electron chi connectivity index (χ4n) is 3.44. The summed E-state index contributed by atoms with van der Waals surface area (Å²) in [6.07, 6.45) is 1.78. The average molecular weight is 496 g/mol. The minimum atomic E-state index is -0.121. The highest BCUT2D eigenvalue weighted by Gasteiger charge is 2.32. The zero-order chi connectivity index (χ0) is 23.4. The lowest BCUT2D eigenvalue weighted by Gasteiger charge is -2.15. The molecule has 1 amide bonds. The van der Waals surface area contributed by atoms with Crippen LogP contribution in [-0.2, 0) is 17.9 Å². The summed E-state index contributed by atoms with van der Waals surface area (Å²) in [5.74, 6) is 0.849. The molecule has 3 aromatic carbocycles. The van der Waals surface area contributed by atoms with Crippen molar-refractivity contribution < 1.29 is 14.3 Å². The Balaban J connectivity index is 1.54. The van der Waals surface area contributed by atoms with Crippen molar-refractivity contribution in [2.24, 2.45) is 0 Å². The third-order valence-corrected chi connectivity index (χ3v) is 6.90. The smallest absolute Gasteiger partial charge is 0.266 e. The van der Waals surface area contributed by atoms with Crippen LogP contribution in [-0.4, -0.2) is 22.2 Å². The Bertz CT molecular complexity index is 1230. The molecule has 1 fully saturated rings. The van der Waals surface area contributed by atoms with Gasteiger partial charge in [-0.15, -0.1) is 0 Å². The van der Waals surface area contributed by atoms with Gasteiger partial charge in [-0.05, 0) is 47.4 Å². The second-order valence-electron chi connectivity index (χ2n) is 7.50. The van der Waals surface area contributed by atoms with Crippen LogP contribution in [0.25, 0.3) is 6.08 Å². The lowest BCUT2D eigenvalue weighted by molar-refractivity contribution is -0.122. The third kappa shape index (κ3) is 5.41. The average Bonchev–Trinajstić information content (AvgIpc) is 3.07. The van der Waals surface area contributed by atoms with Crippen LogP contribution in [0.1, 0.15) is 22.3 Å². The maximum atomic E-state index is 13.0. The van der Waals surface area contributed by atoms with E-state index >= 15 is 0 Å². The van der Waals surface area contributed by atoms with Crippen molar-refractivity contribution in [1.29, 1.82) is 0 Å². The minimum Gasteiger partial charge on any atom is -0.493 e. The number of rotatable bonds is 7. The van der Waals surface area contributed by atoms with Crippen LogP contribution < -0.4 is 9.47 Å². The quantitative estimate of drug-likeness (QED) is 0.271. The predicted molar refractivity (Wildman–Crippen MR) is 139 cm³/mol. The Morgan fingerprint density at radius 1 is 1.09 bits per heavy atom. The molecule has 7 heteroatoms. The van der Waals surface area contributed by atoms with E-state index in [0.717, 1.165) is 22.3 Å². The summed E-state index contributed by atoms with van der Waals surface area (Å²) in [7, 11) is 1.56. The van der Waals surface area contributed by atoms with Gasteiger partial charge in [0.25, 0.3) is 5.91 Å². The number of hydrogen-bond acceptors (Lipinski definition) is 5. The van der Waals surface area contributed by atoms with Crippen LogP contribution >= 0.6 is 35.6 Å². The van der Waals surface area contributed by atoms with Gasteiger partial charge in [0, 0.05) is 0 Å². The Morgan fingerprint density at radius 2 is 1.82 bits per heavy atom. The molecule has 4 nitrogen and oxygen atoms in total. The molecule has 3 aromatic rings. The molecule has 33 heavy (non-hydrogen) atoms. The second-order valence-corrected chi connectivity index (χ2v) is 9.59. The molecule has 0 N–H and O–H groups in total. The number of hydrogen-bond donors (Lipinski definition) is 0. The van der Waals surface area contributed by atoms with Crippen molar-refractivity contribution in [2.45, 2.75) is 20.1 Å². The van der Waals surface area contributed by atoms with Gasteiger partial charge in [0.1, 0.15) is 10.9 Å². The normalized spacial score (nSPS) is 14.8. The number of carbonyl (C=O) groups excluding carboxylic acids is 1. The van der Waals surface area contributed by atoms with Crippen LogP contribution in [0.3, 0.4) is 0 Å². The lowest BCUT2D eigenvalue weighted by Crippen LogP contribution is -2.27. The molecule has 0 spiro atoms. The minimum absolute atomic E-state index is 0.121. The zero-order valence-corrected chi connectivity index (χ0v) is 20.6. The molecule has 168 valence electrons. The molecule has 1 heterocycles. The number of thioether (sulfide) groups is 1. The SMILES string of the molecule is COc1cc(/C=C2\SC(=S)N(Cc3ccccc3)C2=O)cc(Cl)c1OCc1ccccc1C. The van der Waals surface area contributed by atoms with Gasteiger partial charge >= 0.3 is 0 Å². The van der Waals surface area contributed by atoms with Crippen molar-refractivity contribution in [3.8, 4) is 11.5 Å². The number of aryl methyl sites for hydroxylation is 1. The highest BCUT2D eigenvalue weighted by atomic mass is 35.5. The molecule has 0 aromatic heterocycles. The molecule has 0 bridgehead atoms. The van der Waals surface area contributed by atoms with Crippen molar-refractivity contribution in [2.75, 3.05) is 7.11 Å². The van der Waals surface area contributed by atoms with Crippen molar-refractivity contribution >= 4 is 51.9 Å². The van der Waals surface area contributed by atoms with E-state index in [1.165, 1.54) is 11.8 Å². The van der Waals surface area contributed by atoms with E-state index < -0.39 is 0 Å². The highest BCUT2D eigenvalue weighted by Crippen LogP contribution is 2.39. The van der Waals surface area contributed by atoms with Crippen molar-refractivity contribution in [1.82, 2.24) is 4.90 Å². The molecule has 0 unspecified atom stereocenters. The number of ether oxygens (including phenoxy) is 2. The molecule has 0 saturated carbocycles. The summed E-state index contributed by atoms with van der Waals surface area (Å²) in [4.78, 5) is 15.1. The molecule has 1 saturated heterocycles. The Kier molecular flexibility index (Phi) is 7.38. The van der Waals surface area contributed by atoms with Gasteiger partial charge in [-0.3, -0.25) is 9.69 Å². The summed E-state index contributed by atoms with van der Waals surface area (Å²) < 4.78 is 12.1. The zero-order valence-electron chi connectivity index (χ0n) is 18.2. The topological polar surface area (TPSA) is 38.8 Å². The number of methoxy groups -OCH3 is 1. The molecule has 0 atom stereocenters. The van der Waals surface area contributed by atoms with E-state index in [1.807, 2.05) is 67.6 Å². The largest absolute Gasteiger partial charge is 0.493 e. The fourth-order valence-corrected chi connectivity index (χ4v) is 4.97. The van der Waals surface area contributed by atoms with Gasteiger partial charge in [0.15, 0.2) is 11.5 Å². The molecule has 1 aliphatic rings. The first-order valence-electron chi connectivity index (χ1n) is 10.3. The number of carbonyl (C=O) groups is 1. The number of nitrogens with zero attached hydrogens (tertiary/aromatic N) is 1. The maximum absolute atomic E-state index is 13.0. The first-order chi connectivity index (χ1) is 16.0. The van der Waals surface area contributed by atoms with Gasteiger partial charge in [0.2, 0.25) is 0 Å². The van der Waals surface area contributed by atoms with Gasteiger partial charge in [0.05, 0.1) is 23.6 Å². The standard InChI is InChI=1S/C26H22ClNO3S2/c1-17-8-6-7-11-20(17)16-31-24-21(27)12-19(13-22(24)30-2)14-23-25(29)28(26(32)33-23)15-18-9-4-3-5-10-18/h3-14H,15-16H2,1-2H3/b23-14-. The van der Waals surface area contributed by atoms with Gasteiger partial charge in [-0.2, -0.15) is 0 Å². The van der Waals surface area contributed by atoms with Crippen LogP contribution in [0, 0.1) is 6.92 Å². The van der Waals surface area contributed by atoms with E-state index in [4.69, 9.17) is 33.3 Å². The van der Waals surface area contributed by atoms with Gasteiger partial charge in [-0.25, -0.2) is 0 Å². The van der Waals surface area contributed by atoms with Crippen LogP contribution in [0.4, 0.5) is 0 Å². The van der Waals surface area contributed by atoms with Gasteiger partial charge < -0.3 is 9.47 Å². The molecular weight excluding hydrogens is 474 g/mol.